The van der Waals surface area contributed by atoms with Crippen LogP contribution in [0.5, 0.6) is 0 Å². The van der Waals surface area contributed by atoms with E-state index in [-0.39, 0.29) is 29.2 Å². The van der Waals surface area contributed by atoms with E-state index >= 15 is 0 Å². The van der Waals surface area contributed by atoms with Crippen LogP contribution in [-0.2, 0) is 24.3 Å². The number of non-ortho nitro benzene ring substituents is 1. The number of nitro benzene ring substituents is 1. The highest BCUT2D eigenvalue weighted by atomic mass is 16.6. The van der Waals surface area contributed by atoms with Crippen molar-refractivity contribution in [2.45, 2.75) is 38.8 Å². The predicted molar refractivity (Wildman–Crippen MR) is 116 cm³/mol. The van der Waals surface area contributed by atoms with Crippen LogP contribution in [0.2, 0.25) is 0 Å². The minimum atomic E-state index is -0.606. The second-order valence-electron chi connectivity index (χ2n) is 7.55. The highest BCUT2D eigenvalue weighted by Gasteiger charge is 2.21. The molecule has 1 amide bonds. The number of carbonyl (C=O) groups excluding carboxylic acids is 2. The first kappa shape index (κ1) is 21.2. The fourth-order valence-corrected chi connectivity index (χ4v) is 3.74. The lowest BCUT2D eigenvalue weighted by atomic mass is 10.0. The van der Waals surface area contributed by atoms with Gasteiger partial charge in [0.25, 0.3) is 5.69 Å². The molecule has 1 aliphatic rings. The molecule has 0 aliphatic carbocycles. The van der Waals surface area contributed by atoms with Crippen LogP contribution in [0.15, 0.2) is 53.3 Å². The number of carbonyl (C=O) groups is 2. The third-order valence-corrected chi connectivity index (χ3v) is 5.34. The minimum absolute atomic E-state index is 0.00767. The SMILES string of the molecule is O=C(Cn1nc2n(c1=O)CCCCC2)Nc1ccc([N+](=O)[O-])cc1C(=O)c1ccccc1. The van der Waals surface area contributed by atoms with Gasteiger partial charge in [0.05, 0.1) is 16.2 Å². The zero-order chi connectivity index (χ0) is 22.7. The van der Waals surface area contributed by atoms with E-state index in [2.05, 4.69) is 10.4 Å². The first-order valence-corrected chi connectivity index (χ1v) is 10.3. The Bertz CT molecular complexity index is 1250. The number of nitro groups is 1. The Morgan fingerprint density at radius 3 is 2.62 bits per heavy atom. The molecule has 0 unspecified atom stereocenters. The fraction of sp³-hybridized carbons (Fsp3) is 0.273. The van der Waals surface area contributed by atoms with Crippen molar-refractivity contribution in [2.75, 3.05) is 5.32 Å². The Kier molecular flexibility index (Phi) is 5.93. The number of anilines is 1. The highest BCUT2D eigenvalue weighted by Crippen LogP contribution is 2.25. The lowest BCUT2D eigenvalue weighted by Crippen LogP contribution is -2.30. The summed E-state index contributed by atoms with van der Waals surface area (Å²) in [5.74, 6) is -0.359. The lowest BCUT2D eigenvalue weighted by Gasteiger charge is -2.10. The molecule has 1 aromatic heterocycles. The smallest absolute Gasteiger partial charge is 0.324 e. The van der Waals surface area contributed by atoms with Gasteiger partial charge < -0.3 is 5.32 Å². The predicted octanol–water partition coefficient (Wildman–Crippen LogP) is 2.55. The van der Waals surface area contributed by atoms with Gasteiger partial charge >= 0.3 is 5.69 Å². The molecule has 2 heterocycles. The van der Waals surface area contributed by atoms with Crippen molar-refractivity contribution in [2.24, 2.45) is 0 Å². The Balaban J connectivity index is 1.60. The maximum Gasteiger partial charge on any atom is 0.346 e. The van der Waals surface area contributed by atoms with E-state index < -0.39 is 16.6 Å². The molecular formula is C22H21N5O5. The van der Waals surface area contributed by atoms with Crippen molar-refractivity contribution in [1.29, 1.82) is 0 Å². The summed E-state index contributed by atoms with van der Waals surface area (Å²) >= 11 is 0. The zero-order valence-corrected chi connectivity index (χ0v) is 17.2. The molecule has 3 aromatic rings. The van der Waals surface area contributed by atoms with Gasteiger partial charge in [0, 0.05) is 30.7 Å². The van der Waals surface area contributed by atoms with Gasteiger partial charge in [0.1, 0.15) is 12.4 Å². The third kappa shape index (κ3) is 4.34. The van der Waals surface area contributed by atoms with Crippen molar-refractivity contribution < 1.29 is 14.5 Å². The summed E-state index contributed by atoms with van der Waals surface area (Å²) in [6.07, 6.45) is 3.54. The molecule has 0 radical (unpaired) electrons. The number of hydrogen-bond acceptors (Lipinski definition) is 6. The highest BCUT2D eigenvalue weighted by molar-refractivity contribution is 6.14. The zero-order valence-electron chi connectivity index (χ0n) is 17.2. The largest absolute Gasteiger partial charge is 0.346 e. The van der Waals surface area contributed by atoms with Crippen molar-refractivity contribution >= 4 is 23.1 Å². The Morgan fingerprint density at radius 1 is 1.09 bits per heavy atom. The van der Waals surface area contributed by atoms with E-state index in [4.69, 9.17) is 0 Å². The molecule has 0 atom stereocenters. The van der Waals surface area contributed by atoms with Crippen LogP contribution < -0.4 is 11.0 Å². The fourth-order valence-electron chi connectivity index (χ4n) is 3.74. The number of benzene rings is 2. The normalized spacial score (nSPS) is 13.1. The molecule has 2 aromatic carbocycles. The number of fused-ring (bicyclic) bond motifs is 1. The molecule has 0 saturated heterocycles. The van der Waals surface area contributed by atoms with Crippen LogP contribution in [0.4, 0.5) is 11.4 Å². The Labute approximate surface area is 182 Å². The molecule has 0 bridgehead atoms. The van der Waals surface area contributed by atoms with Crippen LogP contribution >= 0.6 is 0 Å². The van der Waals surface area contributed by atoms with Gasteiger partial charge in [-0.1, -0.05) is 36.8 Å². The van der Waals surface area contributed by atoms with Gasteiger partial charge in [-0.3, -0.25) is 24.3 Å². The lowest BCUT2D eigenvalue weighted by molar-refractivity contribution is -0.384. The maximum atomic E-state index is 13.0. The molecule has 1 aliphatic heterocycles. The van der Waals surface area contributed by atoms with Gasteiger partial charge in [-0.25, -0.2) is 9.48 Å². The van der Waals surface area contributed by atoms with E-state index in [1.807, 2.05) is 0 Å². The van der Waals surface area contributed by atoms with Crippen molar-refractivity contribution in [3.05, 3.63) is 86.1 Å². The quantitative estimate of drug-likeness (QED) is 0.360. The van der Waals surface area contributed by atoms with E-state index in [9.17, 15) is 24.5 Å². The van der Waals surface area contributed by atoms with Crippen LogP contribution in [0, 0.1) is 10.1 Å². The Morgan fingerprint density at radius 2 is 1.88 bits per heavy atom. The molecule has 1 N–H and O–H groups in total. The summed E-state index contributed by atoms with van der Waals surface area (Å²) in [6, 6.07) is 11.9. The van der Waals surface area contributed by atoms with Gasteiger partial charge in [0.2, 0.25) is 5.91 Å². The number of aryl methyl sites for hydroxylation is 1. The third-order valence-electron chi connectivity index (χ3n) is 5.34. The van der Waals surface area contributed by atoms with Crippen LogP contribution in [-0.4, -0.2) is 31.0 Å². The first-order valence-electron chi connectivity index (χ1n) is 10.3. The summed E-state index contributed by atoms with van der Waals surface area (Å²) in [6.45, 7) is 0.253. The number of nitrogens with one attached hydrogen (secondary N) is 1. The van der Waals surface area contributed by atoms with E-state index in [1.165, 1.54) is 12.1 Å². The van der Waals surface area contributed by atoms with Crippen molar-refractivity contribution in [3.63, 3.8) is 0 Å². The van der Waals surface area contributed by atoms with Crippen LogP contribution in [0.25, 0.3) is 0 Å². The summed E-state index contributed by atoms with van der Waals surface area (Å²) < 4.78 is 2.70. The maximum absolute atomic E-state index is 13.0. The molecule has 0 spiro atoms. The van der Waals surface area contributed by atoms with Crippen molar-refractivity contribution in [1.82, 2.24) is 14.3 Å². The summed E-state index contributed by atoms with van der Waals surface area (Å²) in [5, 5.41) is 18.1. The number of amides is 1. The topological polar surface area (TPSA) is 129 Å². The molecule has 10 heteroatoms. The molecule has 4 rings (SSSR count). The molecule has 32 heavy (non-hydrogen) atoms. The van der Waals surface area contributed by atoms with E-state index in [0.717, 1.165) is 30.0 Å². The summed E-state index contributed by atoms with van der Waals surface area (Å²) in [7, 11) is 0. The van der Waals surface area contributed by atoms with Crippen LogP contribution in [0.3, 0.4) is 0 Å². The first-order chi connectivity index (χ1) is 15.4. The van der Waals surface area contributed by atoms with Crippen LogP contribution in [0.1, 0.15) is 41.0 Å². The number of aromatic nitrogens is 3. The number of hydrogen-bond donors (Lipinski definition) is 1. The number of nitrogens with zero attached hydrogens (tertiary/aromatic N) is 4. The summed E-state index contributed by atoms with van der Waals surface area (Å²) in [5.41, 5.74) is -0.162. The number of rotatable bonds is 6. The van der Waals surface area contributed by atoms with Gasteiger partial charge in [-0.05, 0) is 18.9 Å². The molecule has 0 saturated carbocycles. The minimum Gasteiger partial charge on any atom is -0.324 e. The second-order valence-corrected chi connectivity index (χ2v) is 7.55. The Hall–Kier alpha value is -4.08. The van der Waals surface area contributed by atoms with Gasteiger partial charge in [0.15, 0.2) is 5.78 Å². The second kappa shape index (κ2) is 8.96. The van der Waals surface area contributed by atoms with Gasteiger partial charge in [-0.2, -0.15) is 5.10 Å². The standard InChI is InChI=1S/C22H21N5O5/c28-20(14-26-22(30)25-12-6-2-5-9-19(25)24-26)23-18-11-10-16(27(31)32)13-17(18)21(29)15-7-3-1-4-8-15/h1,3-4,7-8,10-11,13H,2,5-6,9,12,14H2,(H,23,28). The van der Waals surface area contributed by atoms with E-state index in [0.29, 0.717) is 24.4 Å². The van der Waals surface area contributed by atoms with Crippen molar-refractivity contribution in [3.8, 4) is 0 Å². The van der Waals surface area contributed by atoms with E-state index in [1.54, 1.807) is 34.9 Å². The molecule has 0 fully saturated rings. The molecule has 164 valence electrons. The number of ketones is 1. The average molecular weight is 435 g/mol. The molecular weight excluding hydrogens is 414 g/mol. The molecule has 10 nitrogen and oxygen atoms in total. The average Bonchev–Trinajstić information content (AvgIpc) is 2.94. The summed E-state index contributed by atoms with van der Waals surface area (Å²) in [4.78, 5) is 48.8. The monoisotopic (exact) mass is 435 g/mol. The van der Waals surface area contributed by atoms with Gasteiger partial charge in [-0.15, -0.1) is 0 Å².